The topological polar surface area (TPSA) is 52.7 Å². The predicted molar refractivity (Wildman–Crippen MR) is 111 cm³/mol. The fourth-order valence-electron chi connectivity index (χ4n) is 3.03. The minimum absolute atomic E-state index is 0.0144. The summed E-state index contributed by atoms with van der Waals surface area (Å²) in [4.78, 5) is 28.0. The van der Waals surface area contributed by atoms with E-state index in [1.807, 2.05) is 75.4 Å². The van der Waals surface area contributed by atoms with Gasteiger partial charge in [0.2, 0.25) is 11.8 Å². The van der Waals surface area contributed by atoms with E-state index in [-0.39, 0.29) is 24.4 Å². The second-order valence-corrected chi connectivity index (χ2v) is 6.78. The van der Waals surface area contributed by atoms with Gasteiger partial charge in [-0.05, 0) is 50.6 Å². The number of carbonyl (C=O) groups excluding carboxylic acids is 2. The normalized spacial score (nSPS) is 10.6. The van der Waals surface area contributed by atoms with Gasteiger partial charge < -0.3 is 15.1 Å². The highest BCUT2D eigenvalue weighted by Gasteiger charge is 2.18. The Hall–Kier alpha value is -2.82. The number of rotatable bonds is 8. The van der Waals surface area contributed by atoms with Gasteiger partial charge in [-0.2, -0.15) is 0 Å². The standard InChI is InChI=1S/C22H29N3O2/c1-5-24(18(4)26)16-19-10-9-11-20(14-19)23-15-22(27)25(17(2)3)21-12-7-6-8-13-21/h6-14,17,23H,5,15-16H2,1-4H3. The summed E-state index contributed by atoms with van der Waals surface area (Å²) in [6.07, 6.45) is 0. The van der Waals surface area contributed by atoms with Crippen LogP contribution in [0.4, 0.5) is 11.4 Å². The predicted octanol–water partition coefficient (Wildman–Crippen LogP) is 3.91. The summed E-state index contributed by atoms with van der Waals surface area (Å²) in [5.74, 6) is 0.0713. The van der Waals surface area contributed by atoms with Crippen molar-refractivity contribution in [2.24, 2.45) is 0 Å². The van der Waals surface area contributed by atoms with Crippen molar-refractivity contribution >= 4 is 23.2 Å². The number of hydrogen-bond acceptors (Lipinski definition) is 3. The molecule has 5 heteroatoms. The number of carbonyl (C=O) groups is 2. The zero-order valence-electron chi connectivity index (χ0n) is 16.6. The highest BCUT2D eigenvalue weighted by molar-refractivity contribution is 5.96. The van der Waals surface area contributed by atoms with Gasteiger partial charge in [-0.1, -0.05) is 30.3 Å². The molecule has 2 aromatic rings. The second kappa shape index (κ2) is 9.76. The van der Waals surface area contributed by atoms with Crippen molar-refractivity contribution in [3.63, 3.8) is 0 Å². The molecule has 2 amide bonds. The zero-order valence-corrected chi connectivity index (χ0v) is 16.6. The van der Waals surface area contributed by atoms with E-state index in [9.17, 15) is 9.59 Å². The molecule has 0 aliphatic rings. The van der Waals surface area contributed by atoms with Crippen molar-refractivity contribution in [2.75, 3.05) is 23.3 Å². The number of nitrogens with one attached hydrogen (secondary N) is 1. The Bertz CT molecular complexity index is 759. The van der Waals surface area contributed by atoms with Crippen molar-refractivity contribution in [3.05, 3.63) is 60.2 Å². The van der Waals surface area contributed by atoms with Gasteiger partial charge in [0, 0.05) is 37.4 Å². The number of hydrogen-bond donors (Lipinski definition) is 1. The summed E-state index contributed by atoms with van der Waals surface area (Å²) in [5.41, 5.74) is 2.80. The number of amides is 2. The Morgan fingerprint density at radius 3 is 2.33 bits per heavy atom. The van der Waals surface area contributed by atoms with Crippen molar-refractivity contribution in [1.82, 2.24) is 4.90 Å². The lowest BCUT2D eigenvalue weighted by molar-refractivity contribution is -0.129. The van der Waals surface area contributed by atoms with Crippen LogP contribution in [0.5, 0.6) is 0 Å². The monoisotopic (exact) mass is 367 g/mol. The van der Waals surface area contributed by atoms with Crippen molar-refractivity contribution in [1.29, 1.82) is 0 Å². The first-order valence-corrected chi connectivity index (χ1v) is 9.37. The molecule has 0 aromatic heterocycles. The number of anilines is 2. The van der Waals surface area contributed by atoms with Gasteiger partial charge in [-0.25, -0.2) is 0 Å². The summed E-state index contributed by atoms with van der Waals surface area (Å²) in [7, 11) is 0. The van der Waals surface area contributed by atoms with Gasteiger partial charge >= 0.3 is 0 Å². The fourth-order valence-corrected chi connectivity index (χ4v) is 3.03. The number of benzene rings is 2. The minimum atomic E-state index is 0.0144. The Kier molecular flexibility index (Phi) is 7.41. The van der Waals surface area contributed by atoms with E-state index in [4.69, 9.17) is 0 Å². The molecule has 5 nitrogen and oxygen atoms in total. The molecule has 2 rings (SSSR count). The third kappa shape index (κ3) is 5.84. The summed E-state index contributed by atoms with van der Waals surface area (Å²) in [6.45, 7) is 9.00. The third-order valence-corrected chi connectivity index (χ3v) is 4.39. The Labute approximate surface area is 162 Å². The maximum atomic E-state index is 12.8. The molecule has 0 saturated heterocycles. The summed E-state index contributed by atoms with van der Waals surface area (Å²) >= 11 is 0. The van der Waals surface area contributed by atoms with Gasteiger partial charge in [0.15, 0.2) is 0 Å². The van der Waals surface area contributed by atoms with Gasteiger partial charge in [-0.3, -0.25) is 9.59 Å². The van der Waals surface area contributed by atoms with E-state index in [0.717, 1.165) is 16.9 Å². The maximum Gasteiger partial charge on any atom is 0.246 e. The van der Waals surface area contributed by atoms with Crippen LogP contribution in [0.2, 0.25) is 0 Å². The average Bonchev–Trinajstić information content (AvgIpc) is 2.65. The van der Waals surface area contributed by atoms with Crippen LogP contribution >= 0.6 is 0 Å². The first-order chi connectivity index (χ1) is 12.9. The molecule has 0 spiro atoms. The smallest absolute Gasteiger partial charge is 0.246 e. The molecule has 0 fully saturated rings. The van der Waals surface area contributed by atoms with E-state index < -0.39 is 0 Å². The lowest BCUT2D eigenvalue weighted by atomic mass is 10.2. The summed E-state index contributed by atoms with van der Waals surface area (Å²) in [6, 6.07) is 17.6. The second-order valence-electron chi connectivity index (χ2n) is 6.78. The van der Waals surface area contributed by atoms with E-state index in [1.54, 1.807) is 16.7 Å². The van der Waals surface area contributed by atoms with Gasteiger partial charge in [0.05, 0.1) is 6.54 Å². The highest BCUT2D eigenvalue weighted by Crippen LogP contribution is 2.18. The highest BCUT2D eigenvalue weighted by atomic mass is 16.2. The molecule has 144 valence electrons. The van der Waals surface area contributed by atoms with Crippen LogP contribution in [0.1, 0.15) is 33.3 Å². The van der Waals surface area contributed by atoms with Crippen molar-refractivity contribution in [2.45, 2.75) is 40.3 Å². The Morgan fingerprint density at radius 1 is 1.04 bits per heavy atom. The molecule has 0 aliphatic heterocycles. The van der Waals surface area contributed by atoms with Crippen molar-refractivity contribution in [3.8, 4) is 0 Å². The number of nitrogens with zero attached hydrogens (tertiary/aromatic N) is 2. The SMILES string of the molecule is CCN(Cc1cccc(NCC(=O)N(c2ccccc2)C(C)C)c1)C(C)=O. The van der Waals surface area contributed by atoms with E-state index in [1.165, 1.54) is 0 Å². The molecule has 0 saturated carbocycles. The van der Waals surface area contributed by atoms with Crippen LogP contribution in [0.3, 0.4) is 0 Å². The molecular formula is C22H29N3O2. The average molecular weight is 367 g/mol. The molecule has 0 heterocycles. The molecule has 0 aliphatic carbocycles. The minimum Gasteiger partial charge on any atom is -0.376 e. The van der Waals surface area contributed by atoms with Gasteiger partial charge in [-0.15, -0.1) is 0 Å². The zero-order chi connectivity index (χ0) is 19.8. The third-order valence-electron chi connectivity index (χ3n) is 4.39. The first kappa shape index (κ1) is 20.5. The van der Waals surface area contributed by atoms with E-state index in [2.05, 4.69) is 5.32 Å². The van der Waals surface area contributed by atoms with Gasteiger partial charge in [0.25, 0.3) is 0 Å². The maximum absolute atomic E-state index is 12.8. The molecule has 1 N–H and O–H groups in total. The molecule has 0 bridgehead atoms. The molecular weight excluding hydrogens is 338 g/mol. The van der Waals surface area contributed by atoms with Crippen LogP contribution in [-0.2, 0) is 16.1 Å². The summed E-state index contributed by atoms with van der Waals surface area (Å²) < 4.78 is 0. The van der Waals surface area contributed by atoms with E-state index in [0.29, 0.717) is 13.1 Å². The Balaban J connectivity index is 2.04. The van der Waals surface area contributed by atoms with Crippen LogP contribution in [0.15, 0.2) is 54.6 Å². The van der Waals surface area contributed by atoms with Crippen LogP contribution in [-0.4, -0.2) is 35.8 Å². The van der Waals surface area contributed by atoms with Gasteiger partial charge in [0.1, 0.15) is 0 Å². The molecule has 0 radical (unpaired) electrons. The van der Waals surface area contributed by atoms with Crippen LogP contribution in [0.25, 0.3) is 0 Å². The lowest BCUT2D eigenvalue weighted by Gasteiger charge is -2.27. The lowest BCUT2D eigenvalue weighted by Crippen LogP contribution is -2.40. The van der Waals surface area contributed by atoms with E-state index >= 15 is 0 Å². The quantitative estimate of drug-likeness (QED) is 0.770. The number of para-hydroxylation sites is 1. The summed E-state index contributed by atoms with van der Waals surface area (Å²) in [5, 5.41) is 3.22. The molecule has 0 unspecified atom stereocenters. The fraction of sp³-hybridized carbons (Fsp3) is 0.364. The molecule has 0 atom stereocenters. The van der Waals surface area contributed by atoms with Crippen LogP contribution in [0, 0.1) is 0 Å². The largest absolute Gasteiger partial charge is 0.376 e. The van der Waals surface area contributed by atoms with Crippen LogP contribution < -0.4 is 10.2 Å². The molecule has 2 aromatic carbocycles. The first-order valence-electron chi connectivity index (χ1n) is 9.37. The molecule has 27 heavy (non-hydrogen) atoms. The Morgan fingerprint density at radius 2 is 1.74 bits per heavy atom. The van der Waals surface area contributed by atoms with Crippen molar-refractivity contribution < 1.29 is 9.59 Å².